The van der Waals surface area contributed by atoms with Gasteiger partial charge in [0, 0.05) is 9.86 Å². The molecule has 0 saturated carbocycles. The van der Waals surface area contributed by atoms with Gasteiger partial charge in [0.05, 0.1) is 13.3 Å². The van der Waals surface area contributed by atoms with E-state index in [1.807, 2.05) is 36.4 Å². The predicted molar refractivity (Wildman–Crippen MR) is 92.0 cm³/mol. The van der Waals surface area contributed by atoms with Crippen LogP contribution in [0.1, 0.15) is 16.1 Å². The highest BCUT2D eigenvalue weighted by atomic mass is 79.9. The van der Waals surface area contributed by atoms with E-state index in [0.717, 1.165) is 15.4 Å². The van der Waals surface area contributed by atoms with E-state index in [9.17, 15) is 4.79 Å². The quantitative estimate of drug-likeness (QED) is 0.556. The molecule has 3 aromatic rings. The summed E-state index contributed by atoms with van der Waals surface area (Å²) in [6, 6.07) is 14.7. The highest BCUT2D eigenvalue weighted by molar-refractivity contribution is 9.10. The maximum atomic E-state index is 12.1. The van der Waals surface area contributed by atoms with E-state index in [1.54, 1.807) is 25.5 Å². The molecule has 5 nitrogen and oxygen atoms in total. The maximum absolute atomic E-state index is 12.1. The third-order valence-electron chi connectivity index (χ3n) is 3.20. The molecule has 0 saturated heterocycles. The summed E-state index contributed by atoms with van der Waals surface area (Å²) in [7, 11) is 1.56. The average molecular weight is 373 g/mol. The van der Waals surface area contributed by atoms with Crippen molar-refractivity contribution in [2.45, 2.75) is 0 Å². The third-order valence-corrected chi connectivity index (χ3v) is 3.73. The molecule has 23 heavy (non-hydrogen) atoms. The Morgan fingerprint density at radius 3 is 2.78 bits per heavy atom. The van der Waals surface area contributed by atoms with Crippen molar-refractivity contribution in [1.29, 1.82) is 0 Å². The fourth-order valence-electron chi connectivity index (χ4n) is 2.08. The summed E-state index contributed by atoms with van der Waals surface area (Å²) >= 11 is 3.36. The lowest BCUT2D eigenvalue weighted by Gasteiger charge is -1.98. The van der Waals surface area contributed by atoms with Crippen LogP contribution >= 0.6 is 15.9 Å². The Morgan fingerprint density at radius 1 is 1.26 bits per heavy atom. The van der Waals surface area contributed by atoms with Crippen LogP contribution in [-0.2, 0) is 0 Å². The van der Waals surface area contributed by atoms with Gasteiger partial charge in [-0.05, 0) is 29.8 Å². The molecule has 0 aliphatic heterocycles. The number of hydrogen-bond acceptors (Lipinski definition) is 4. The second kappa shape index (κ2) is 6.66. The van der Waals surface area contributed by atoms with Gasteiger partial charge in [0.15, 0.2) is 17.1 Å². The topological polar surface area (TPSA) is 63.8 Å². The van der Waals surface area contributed by atoms with Crippen LogP contribution in [0.3, 0.4) is 0 Å². The molecular formula is C17H13BrN2O3. The summed E-state index contributed by atoms with van der Waals surface area (Å²) in [6.45, 7) is 0. The van der Waals surface area contributed by atoms with E-state index in [4.69, 9.17) is 9.15 Å². The number of carbonyl (C=O) groups excluding carboxylic acids is 1. The van der Waals surface area contributed by atoms with E-state index in [0.29, 0.717) is 11.3 Å². The second-order valence-corrected chi connectivity index (χ2v) is 5.66. The Kier molecular flexibility index (Phi) is 4.43. The average Bonchev–Trinajstić information content (AvgIpc) is 3.01. The maximum Gasteiger partial charge on any atom is 0.307 e. The normalized spacial score (nSPS) is 11.0. The highest BCUT2D eigenvalue weighted by Crippen LogP contribution is 2.28. The first kappa shape index (κ1) is 15.3. The summed E-state index contributed by atoms with van der Waals surface area (Å²) in [5, 5.41) is 4.73. The number of rotatable bonds is 4. The molecule has 6 heteroatoms. The molecule has 0 spiro atoms. The number of nitrogens with zero attached hydrogens (tertiary/aromatic N) is 1. The molecule has 0 unspecified atom stereocenters. The zero-order chi connectivity index (χ0) is 16.2. The van der Waals surface area contributed by atoms with Crippen molar-refractivity contribution < 1.29 is 13.9 Å². The molecule has 0 bridgehead atoms. The van der Waals surface area contributed by atoms with Crippen molar-refractivity contribution in [3.63, 3.8) is 0 Å². The van der Waals surface area contributed by atoms with Crippen molar-refractivity contribution >= 4 is 39.0 Å². The van der Waals surface area contributed by atoms with Gasteiger partial charge in [-0.15, -0.1) is 0 Å². The lowest BCUT2D eigenvalue weighted by Crippen LogP contribution is -2.16. The van der Waals surface area contributed by atoms with Crippen molar-refractivity contribution in [1.82, 2.24) is 5.43 Å². The summed E-state index contributed by atoms with van der Waals surface area (Å²) < 4.78 is 11.7. The zero-order valence-electron chi connectivity index (χ0n) is 12.2. The first-order valence-electron chi connectivity index (χ1n) is 6.83. The molecule has 2 aromatic carbocycles. The van der Waals surface area contributed by atoms with Crippen LogP contribution in [-0.4, -0.2) is 19.2 Å². The number of halogens is 1. The molecular weight excluding hydrogens is 360 g/mol. The van der Waals surface area contributed by atoms with Crippen LogP contribution in [0.4, 0.5) is 0 Å². The fraction of sp³-hybridized carbons (Fsp3) is 0.0588. The highest BCUT2D eigenvalue weighted by Gasteiger charge is 2.14. The largest absolute Gasteiger partial charge is 0.493 e. The van der Waals surface area contributed by atoms with E-state index in [2.05, 4.69) is 26.5 Å². The predicted octanol–water partition coefficient (Wildman–Crippen LogP) is 3.97. The Labute approximate surface area is 141 Å². The molecule has 1 heterocycles. The van der Waals surface area contributed by atoms with Gasteiger partial charge in [-0.3, -0.25) is 4.79 Å². The molecule has 0 aliphatic carbocycles. The number of fused-ring (bicyclic) bond motifs is 1. The first-order valence-corrected chi connectivity index (χ1v) is 7.62. The van der Waals surface area contributed by atoms with Crippen LogP contribution in [0.15, 0.2) is 62.5 Å². The van der Waals surface area contributed by atoms with Crippen molar-refractivity contribution in [3.8, 4) is 5.75 Å². The van der Waals surface area contributed by atoms with Gasteiger partial charge in [-0.25, -0.2) is 5.43 Å². The molecule has 1 amide bonds. The van der Waals surface area contributed by atoms with Gasteiger partial charge >= 0.3 is 5.91 Å². The molecule has 116 valence electrons. The summed E-state index contributed by atoms with van der Waals surface area (Å²) in [4.78, 5) is 12.1. The first-order chi connectivity index (χ1) is 11.2. The number of carbonyl (C=O) groups is 1. The number of para-hydroxylation sites is 1. The monoisotopic (exact) mass is 372 g/mol. The number of methoxy groups -OCH3 is 1. The Bertz CT molecular complexity index is 869. The molecule has 0 fully saturated rings. The Hall–Kier alpha value is -2.60. The van der Waals surface area contributed by atoms with E-state index in [-0.39, 0.29) is 5.76 Å². The summed E-state index contributed by atoms with van der Waals surface area (Å²) in [5.41, 5.74) is 3.86. The fourth-order valence-corrected chi connectivity index (χ4v) is 2.34. The molecule has 0 aliphatic rings. The standard InChI is InChI=1S/C17H13BrN2O3/c1-22-14-4-2-3-12-9-15(23-16(12)14)17(21)20-19-10-11-5-7-13(18)8-6-11/h2-10H,1H3,(H,20,21)/b19-10-. The Balaban J connectivity index is 1.74. The van der Waals surface area contributed by atoms with Crippen LogP contribution in [0, 0.1) is 0 Å². The summed E-state index contributed by atoms with van der Waals surface area (Å²) in [6.07, 6.45) is 1.56. The van der Waals surface area contributed by atoms with Gasteiger partial charge in [0.1, 0.15) is 0 Å². The van der Waals surface area contributed by atoms with Gasteiger partial charge in [0.25, 0.3) is 0 Å². The number of hydrogen-bond donors (Lipinski definition) is 1. The van der Waals surface area contributed by atoms with Gasteiger partial charge < -0.3 is 9.15 Å². The number of amides is 1. The van der Waals surface area contributed by atoms with Crippen molar-refractivity contribution in [2.24, 2.45) is 5.10 Å². The number of furan rings is 1. The molecule has 0 radical (unpaired) electrons. The van der Waals surface area contributed by atoms with Crippen LogP contribution in [0.25, 0.3) is 11.0 Å². The van der Waals surface area contributed by atoms with Crippen molar-refractivity contribution in [3.05, 3.63) is 64.3 Å². The molecule has 1 N–H and O–H groups in total. The molecule has 0 atom stereocenters. The SMILES string of the molecule is COc1cccc2cc(C(=O)N/N=C\c3ccc(Br)cc3)oc12. The number of benzene rings is 2. The minimum atomic E-state index is -0.420. The lowest BCUT2D eigenvalue weighted by molar-refractivity contribution is 0.0929. The smallest absolute Gasteiger partial charge is 0.307 e. The van der Waals surface area contributed by atoms with Crippen LogP contribution in [0.2, 0.25) is 0 Å². The zero-order valence-corrected chi connectivity index (χ0v) is 13.8. The van der Waals surface area contributed by atoms with Gasteiger partial charge in [-0.1, -0.05) is 40.2 Å². The lowest BCUT2D eigenvalue weighted by atomic mass is 10.2. The van der Waals surface area contributed by atoms with Gasteiger partial charge in [-0.2, -0.15) is 5.10 Å². The van der Waals surface area contributed by atoms with Crippen LogP contribution < -0.4 is 10.2 Å². The number of nitrogens with one attached hydrogen (secondary N) is 1. The number of hydrazone groups is 1. The second-order valence-electron chi connectivity index (χ2n) is 4.74. The molecule has 3 rings (SSSR count). The minimum Gasteiger partial charge on any atom is -0.493 e. The van der Waals surface area contributed by atoms with Crippen LogP contribution in [0.5, 0.6) is 5.75 Å². The van der Waals surface area contributed by atoms with Crippen molar-refractivity contribution in [2.75, 3.05) is 7.11 Å². The minimum absolute atomic E-state index is 0.178. The molecule has 1 aromatic heterocycles. The third kappa shape index (κ3) is 3.43. The van der Waals surface area contributed by atoms with E-state index >= 15 is 0 Å². The Morgan fingerprint density at radius 2 is 2.04 bits per heavy atom. The van der Waals surface area contributed by atoms with Gasteiger partial charge in [0.2, 0.25) is 0 Å². The van der Waals surface area contributed by atoms with E-state index < -0.39 is 5.91 Å². The summed E-state index contributed by atoms with van der Waals surface area (Å²) in [5.74, 6) is 0.342. The number of ether oxygens (including phenoxy) is 1. The van der Waals surface area contributed by atoms with E-state index in [1.165, 1.54) is 0 Å².